The number of nitrogens with one attached hydrogen (secondary N) is 2. The maximum Gasteiger partial charge on any atom is 0.191 e. The van der Waals surface area contributed by atoms with Gasteiger partial charge in [0.05, 0.1) is 6.54 Å². The Morgan fingerprint density at radius 2 is 2.12 bits per heavy atom. The van der Waals surface area contributed by atoms with Crippen molar-refractivity contribution in [1.82, 2.24) is 25.4 Å². The van der Waals surface area contributed by atoms with Crippen molar-refractivity contribution in [2.75, 3.05) is 13.6 Å². The number of fused-ring (bicyclic) bond motifs is 1. The van der Waals surface area contributed by atoms with Gasteiger partial charge in [-0.2, -0.15) is 5.10 Å². The van der Waals surface area contributed by atoms with Crippen LogP contribution in [0.3, 0.4) is 0 Å². The number of aliphatic imine (C=N–C) groups is 1. The fourth-order valence-corrected chi connectivity index (χ4v) is 3.99. The predicted molar refractivity (Wildman–Crippen MR) is 108 cm³/mol. The van der Waals surface area contributed by atoms with E-state index >= 15 is 0 Å². The fraction of sp³-hybridized carbons (Fsp3) is 0.824. The van der Waals surface area contributed by atoms with Gasteiger partial charge in [0.25, 0.3) is 0 Å². The first-order chi connectivity index (χ1) is 11.1. The van der Waals surface area contributed by atoms with Crippen molar-refractivity contribution in [1.29, 1.82) is 0 Å². The van der Waals surface area contributed by atoms with Crippen molar-refractivity contribution in [2.24, 2.45) is 10.4 Å². The van der Waals surface area contributed by atoms with Gasteiger partial charge in [-0.1, -0.05) is 19.8 Å². The third kappa shape index (κ3) is 4.40. The highest BCUT2D eigenvalue weighted by Crippen LogP contribution is 2.40. The molecule has 0 saturated heterocycles. The van der Waals surface area contributed by atoms with Gasteiger partial charge in [-0.25, -0.2) is 9.67 Å². The first kappa shape index (κ1) is 19.5. The summed E-state index contributed by atoms with van der Waals surface area (Å²) in [6, 6.07) is 0.371. The second-order valence-electron chi connectivity index (χ2n) is 7.12. The van der Waals surface area contributed by atoms with Crippen LogP contribution in [0.4, 0.5) is 0 Å². The van der Waals surface area contributed by atoms with Gasteiger partial charge < -0.3 is 10.6 Å². The van der Waals surface area contributed by atoms with E-state index < -0.39 is 0 Å². The molecular formula is C17H31IN6. The number of rotatable bonds is 4. The third-order valence-electron chi connectivity index (χ3n) is 5.57. The lowest BCUT2D eigenvalue weighted by Crippen LogP contribution is -2.49. The second-order valence-corrected chi connectivity index (χ2v) is 7.12. The Kier molecular flexibility index (Phi) is 6.88. The summed E-state index contributed by atoms with van der Waals surface area (Å²) < 4.78 is 2.04. The minimum Gasteiger partial charge on any atom is -0.356 e. The highest BCUT2D eigenvalue weighted by atomic mass is 127. The van der Waals surface area contributed by atoms with E-state index in [-0.39, 0.29) is 24.0 Å². The molecule has 0 aromatic carbocycles. The van der Waals surface area contributed by atoms with E-state index in [1.54, 1.807) is 0 Å². The molecule has 0 radical (unpaired) electrons. The van der Waals surface area contributed by atoms with E-state index in [1.807, 2.05) is 18.7 Å². The van der Waals surface area contributed by atoms with E-state index in [0.717, 1.165) is 43.5 Å². The molecule has 0 spiro atoms. The number of guanidine groups is 1. The highest BCUT2D eigenvalue weighted by Gasteiger charge is 2.32. The molecule has 1 saturated carbocycles. The zero-order valence-electron chi connectivity index (χ0n) is 15.1. The molecule has 1 aliphatic carbocycles. The van der Waals surface area contributed by atoms with E-state index in [1.165, 1.54) is 32.1 Å². The molecule has 6 nitrogen and oxygen atoms in total. The standard InChI is InChI=1S/C17H30N6.HI/c1-4-17(9-5-6-10-17)12-19-16(18-3)21-14-7-8-15-20-13(2)22-23(15)11-14;/h14H,4-12H2,1-3H3,(H2,18,19,21);1H. The van der Waals surface area contributed by atoms with Crippen molar-refractivity contribution in [3.05, 3.63) is 11.6 Å². The van der Waals surface area contributed by atoms with Gasteiger partial charge in [0.15, 0.2) is 5.96 Å². The summed E-state index contributed by atoms with van der Waals surface area (Å²) in [6.07, 6.45) is 8.75. The lowest BCUT2D eigenvalue weighted by molar-refractivity contribution is 0.282. The molecule has 1 atom stereocenters. The van der Waals surface area contributed by atoms with Crippen LogP contribution in [0.2, 0.25) is 0 Å². The molecule has 2 heterocycles. The molecule has 0 bridgehead atoms. The Morgan fingerprint density at radius 1 is 1.38 bits per heavy atom. The van der Waals surface area contributed by atoms with Crippen molar-refractivity contribution in [3.63, 3.8) is 0 Å². The minimum absolute atomic E-state index is 0. The monoisotopic (exact) mass is 446 g/mol. The van der Waals surface area contributed by atoms with E-state index in [0.29, 0.717) is 11.5 Å². The zero-order chi connectivity index (χ0) is 16.3. The van der Waals surface area contributed by atoms with Crippen LogP contribution in [0.5, 0.6) is 0 Å². The largest absolute Gasteiger partial charge is 0.356 e. The Hall–Kier alpha value is -0.860. The van der Waals surface area contributed by atoms with Crippen LogP contribution in [0.1, 0.15) is 57.1 Å². The molecule has 1 fully saturated rings. The van der Waals surface area contributed by atoms with E-state index in [4.69, 9.17) is 0 Å². The SMILES string of the molecule is CCC1(CNC(=NC)NC2CCc3nc(C)nn3C2)CCCC1.I. The Balaban J connectivity index is 0.00000208. The Bertz CT molecular complexity index is 561. The fourth-order valence-electron chi connectivity index (χ4n) is 3.99. The number of halogens is 1. The average Bonchev–Trinajstić information content (AvgIpc) is 3.17. The summed E-state index contributed by atoms with van der Waals surface area (Å²) in [5.74, 6) is 2.91. The predicted octanol–water partition coefficient (Wildman–Crippen LogP) is 2.65. The van der Waals surface area contributed by atoms with E-state index in [9.17, 15) is 0 Å². The van der Waals surface area contributed by atoms with Crippen LogP contribution in [-0.4, -0.2) is 40.4 Å². The van der Waals surface area contributed by atoms with Gasteiger partial charge in [-0.05, 0) is 38.0 Å². The van der Waals surface area contributed by atoms with Crippen LogP contribution >= 0.6 is 24.0 Å². The van der Waals surface area contributed by atoms with Crippen LogP contribution < -0.4 is 10.6 Å². The van der Waals surface area contributed by atoms with Crippen LogP contribution in [0.15, 0.2) is 4.99 Å². The molecule has 1 unspecified atom stereocenters. The maximum absolute atomic E-state index is 4.47. The second kappa shape index (κ2) is 8.49. The Labute approximate surface area is 162 Å². The van der Waals surface area contributed by atoms with Crippen molar-refractivity contribution in [2.45, 2.75) is 71.4 Å². The molecule has 2 aliphatic rings. The summed E-state index contributed by atoms with van der Waals surface area (Å²) in [4.78, 5) is 8.89. The van der Waals surface area contributed by atoms with Gasteiger partial charge in [-0.3, -0.25) is 4.99 Å². The Morgan fingerprint density at radius 3 is 2.79 bits per heavy atom. The summed E-state index contributed by atoms with van der Waals surface area (Å²) in [7, 11) is 1.86. The number of hydrogen-bond acceptors (Lipinski definition) is 3. The van der Waals surface area contributed by atoms with Gasteiger partial charge in [0.2, 0.25) is 0 Å². The lowest BCUT2D eigenvalue weighted by atomic mass is 9.83. The van der Waals surface area contributed by atoms with Gasteiger partial charge in [0.1, 0.15) is 11.6 Å². The summed E-state index contributed by atoms with van der Waals surface area (Å²) in [5, 5.41) is 11.6. The number of nitrogens with zero attached hydrogens (tertiary/aromatic N) is 4. The first-order valence-electron chi connectivity index (χ1n) is 9.02. The van der Waals surface area contributed by atoms with Crippen molar-refractivity contribution < 1.29 is 0 Å². The van der Waals surface area contributed by atoms with Crippen molar-refractivity contribution >= 4 is 29.9 Å². The summed E-state index contributed by atoms with van der Waals surface area (Å²) in [5.41, 5.74) is 0.473. The molecule has 2 N–H and O–H groups in total. The molecule has 0 amide bonds. The molecule has 1 aliphatic heterocycles. The minimum atomic E-state index is 0. The normalized spacial score (nSPS) is 22.6. The molecule has 1 aromatic heterocycles. The van der Waals surface area contributed by atoms with Gasteiger partial charge in [0, 0.05) is 26.1 Å². The zero-order valence-corrected chi connectivity index (χ0v) is 17.5. The number of aryl methyl sites for hydroxylation is 2. The molecule has 1 aromatic rings. The van der Waals surface area contributed by atoms with Crippen molar-refractivity contribution in [3.8, 4) is 0 Å². The van der Waals surface area contributed by atoms with Gasteiger partial charge in [-0.15, -0.1) is 24.0 Å². The molecule has 3 rings (SSSR count). The van der Waals surface area contributed by atoms with E-state index in [2.05, 4.69) is 32.6 Å². The topological polar surface area (TPSA) is 67.1 Å². The molecule has 24 heavy (non-hydrogen) atoms. The quantitative estimate of drug-likeness (QED) is 0.424. The maximum atomic E-state index is 4.47. The average molecular weight is 446 g/mol. The first-order valence-corrected chi connectivity index (χ1v) is 9.02. The summed E-state index contributed by atoms with van der Waals surface area (Å²) >= 11 is 0. The smallest absolute Gasteiger partial charge is 0.191 e. The number of aromatic nitrogens is 3. The lowest BCUT2D eigenvalue weighted by Gasteiger charge is -2.30. The third-order valence-corrected chi connectivity index (χ3v) is 5.57. The van der Waals surface area contributed by atoms with Gasteiger partial charge >= 0.3 is 0 Å². The highest BCUT2D eigenvalue weighted by molar-refractivity contribution is 14.0. The molecule has 136 valence electrons. The number of hydrogen-bond donors (Lipinski definition) is 2. The molecule has 7 heteroatoms. The summed E-state index contributed by atoms with van der Waals surface area (Å²) in [6.45, 7) is 6.18. The van der Waals surface area contributed by atoms with Crippen LogP contribution in [0, 0.1) is 12.3 Å². The molecular weight excluding hydrogens is 415 g/mol. The van der Waals surface area contributed by atoms with Crippen LogP contribution in [-0.2, 0) is 13.0 Å². The van der Waals surface area contributed by atoms with Crippen LogP contribution in [0.25, 0.3) is 0 Å².